The number of aliphatic carboxylic acids is 1. The molecule has 4 heteroatoms. The van der Waals surface area contributed by atoms with Gasteiger partial charge in [0, 0.05) is 0 Å². The molecule has 3 atom stereocenters. The van der Waals surface area contributed by atoms with Gasteiger partial charge in [-0.1, -0.05) is 65.0 Å². The summed E-state index contributed by atoms with van der Waals surface area (Å²) in [5.41, 5.74) is -1.05. The van der Waals surface area contributed by atoms with E-state index in [9.17, 15) is 14.7 Å². The lowest BCUT2D eigenvalue weighted by atomic mass is 9.71. The Balaban J connectivity index is 2.64. The molecule has 1 rings (SSSR count). The number of carbonyl (C=O) groups is 2. The van der Waals surface area contributed by atoms with Gasteiger partial charge in [0.2, 0.25) is 0 Å². The molecular formula is C22H38O4. The zero-order valence-corrected chi connectivity index (χ0v) is 17.1. The van der Waals surface area contributed by atoms with Gasteiger partial charge in [-0.15, -0.1) is 0 Å². The van der Waals surface area contributed by atoms with Crippen LogP contribution in [0.15, 0.2) is 12.2 Å². The van der Waals surface area contributed by atoms with Crippen LogP contribution in [-0.4, -0.2) is 23.1 Å². The van der Waals surface area contributed by atoms with Crippen molar-refractivity contribution in [3.8, 4) is 0 Å². The highest BCUT2D eigenvalue weighted by Gasteiger charge is 2.46. The van der Waals surface area contributed by atoms with E-state index in [2.05, 4.69) is 20.8 Å². The molecule has 3 unspecified atom stereocenters. The van der Waals surface area contributed by atoms with Crippen molar-refractivity contribution in [1.29, 1.82) is 0 Å². The minimum atomic E-state index is -1.05. The van der Waals surface area contributed by atoms with E-state index in [-0.39, 0.29) is 12.1 Å². The molecule has 0 amide bonds. The van der Waals surface area contributed by atoms with Crippen LogP contribution < -0.4 is 0 Å². The molecule has 0 aromatic carbocycles. The van der Waals surface area contributed by atoms with Gasteiger partial charge in [0.15, 0.2) is 0 Å². The van der Waals surface area contributed by atoms with Crippen LogP contribution in [0, 0.1) is 17.3 Å². The largest absolute Gasteiger partial charge is 0.481 e. The van der Waals surface area contributed by atoms with Crippen LogP contribution in [0.1, 0.15) is 91.9 Å². The maximum absolute atomic E-state index is 12.8. The highest BCUT2D eigenvalue weighted by atomic mass is 16.5. The number of hydrogen-bond donors (Lipinski definition) is 1. The zero-order chi connectivity index (χ0) is 19.6. The number of esters is 1. The summed E-state index contributed by atoms with van der Waals surface area (Å²) >= 11 is 0. The summed E-state index contributed by atoms with van der Waals surface area (Å²) in [5.74, 6) is -1.25. The molecule has 0 fully saturated rings. The molecule has 0 saturated carbocycles. The monoisotopic (exact) mass is 366 g/mol. The first kappa shape index (κ1) is 22.7. The lowest BCUT2D eigenvalue weighted by molar-refractivity contribution is -0.168. The third kappa shape index (κ3) is 7.13. The Hall–Kier alpha value is -1.32. The number of hydrogen-bond acceptors (Lipinski definition) is 3. The van der Waals surface area contributed by atoms with Gasteiger partial charge in [-0.05, 0) is 44.9 Å². The topological polar surface area (TPSA) is 63.6 Å². The van der Waals surface area contributed by atoms with Gasteiger partial charge in [0.1, 0.15) is 6.10 Å². The van der Waals surface area contributed by atoms with Crippen LogP contribution in [0.2, 0.25) is 0 Å². The molecule has 4 nitrogen and oxygen atoms in total. The summed E-state index contributed by atoms with van der Waals surface area (Å²) in [7, 11) is 0. The summed E-state index contributed by atoms with van der Waals surface area (Å²) < 4.78 is 5.85. The highest BCUT2D eigenvalue weighted by molar-refractivity contribution is 5.86. The van der Waals surface area contributed by atoms with Crippen LogP contribution in [-0.2, 0) is 14.3 Å². The number of unbranched alkanes of at least 4 members (excludes halogenated alkanes) is 3. The van der Waals surface area contributed by atoms with Crippen LogP contribution in [0.4, 0.5) is 0 Å². The van der Waals surface area contributed by atoms with Crippen molar-refractivity contribution < 1.29 is 19.4 Å². The summed E-state index contributed by atoms with van der Waals surface area (Å²) in [6, 6.07) is 0. The number of ether oxygens (including phenoxy) is 1. The maximum atomic E-state index is 12.8. The fourth-order valence-corrected chi connectivity index (χ4v) is 3.67. The standard InChI is InChI=1S/C22H38O4/c1-5-6-13-18(14-9-7-8-12-17(2)3)26-21(25)22(4)16-11-10-15-19(22)20(23)24/h11,16-19H,5-10,12-15H2,1-4H3,(H,23,24). The molecule has 0 saturated heterocycles. The van der Waals surface area contributed by atoms with E-state index in [4.69, 9.17) is 4.74 Å². The molecule has 1 aliphatic carbocycles. The fraction of sp³-hybridized carbons (Fsp3) is 0.818. The SMILES string of the molecule is CCCCC(CCCCCC(C)C)OC(=O)C1(C)C=CCCC1C(=O)O. The Morgan fingerprint density at radius 1 is 1.15 bits per heavy atom. The van der Waals surface area contributed by atoms with Gasteiger partial charge < -0.3 is 9.84 Å². The third-order valence-electron chi connectivity index (χ3n) is 5.51. The number of carboxylic acids is 1. The Labute approximate surface area is 159 Å². The van der Waals surface area contributed by atoms with Crippen molar-refractivity contribution >= 4 is 11.9 Å². The summed E-state index contributed by atoms with van der Waals surface area (Å²) in [6.45, 7) is 8.32. The Kier molecular flexibility index (Phi) is 9.97. The van der Waals surface area contributed by atoms with Crippen LogP contribution >= 0.6 is 0 Å². The second-order valence-corrected chi connectivity index (χ2v) is 8.35. The van der Waals surface area contributed by atoms with Gasteiger partial charge in [-0.2, -0.15) is 0 Å². The number of carbonyl (C=O) groups excluding carboxylic acids is 1. The van der Waals surface area contributed by atoms with Gasteiger partial charge in [-0.3, -0.25) is 9.59 Å². The smallest absolute Gasteiger partial charge is 0.316 e. The van der Waals surface area contributed by atoms with E-state index < -0.39 is 17.3 Å². The summed E-state index contributed by atoms with van der Waals surface area (Å²) in [6.07, 6.45) is 13.3. The average Bonchev–Trinajstić information content (AvgIpc) is 2.58. The van der Waals surface area contributed by atoms with E-state index in [0.29, 0.717) is 12.8 Å². The van der Waals surface area contributed by atoms with Crippen molar-refractivity contribution in [2.45, 2.75) is 98.0 Å². The van der Waals surface area contributed by atoms with Gasteiger partial charge >= 0.3 is 11.9 Å². The molecule has 1 N–H and O–H groups in total. The Bertz CT molecular complexity index is 469. The molecule has 0 bridgehead atoms. The van der Waals surface area contributed by atoms with Gasteiger partial charge in [-0.25, -0.2) is 0 Å². The molecule has 0 aromatic rings. The van der Waals surface area contributed by atoms with Crippen molar-refractivity contribution in [1.82, 2.24) is 0 Å². The molecule has 0 radical (unpaired) electrons. The van der Waals surface area contributed by atoms with Crippen molar-refractivity contribution in [3.05, 3.63) is 12.2 Å². The van der Waals surface area contributed by atoms with Crippen molar-refractivity contribution in [3.63, 3.8) is 0 Å². The molecule has 0 aliphatic heterocycles. The van der Waals surface area contributed by atoms with Gasteiger partial charge in [0.05, 0.1) is 11.3 Å². The lowest BCUT2D eigenvalue weighted by Gasteiger charge is -2.34. The third-order valence-corrected chi connectivity index (χ3v) is 5.51. The number of allylic oxidation sites excluding steroid dienone is 1. The maximum Gasteiger partial charge on any atom is 0.316 e. The predicted molar refractivity (Wildman–Crippen MR) is 105 cm³/mol. The molecule has 1 aliphatic rings. The van der Waals surface area contributed by atoms with Crippen LogP contribution in [0.25, 0.3) is 0 Å². The minimum Gasteiger partial charge on any atom is -0.481 e. The minimum absolute atomic E-state index is 0.0944. The van der Waals surface area contributed by atoms with Gasteiger partial charge in [0.25, 0.3) is 0 Å². The lowest BCUT2D eigenvalue weighted by Crippen LogP contribution is -2.42. The van der Waals surface area contributed by atoms with E-state index in [0.717, 1.165) is 44.4 Å². The first-order chi connectivity index (χ1) is 12.3. The van der Waals surface area contributed by atoms with Crippen molar-refractivity contribution in [2.75, 3.05) is 0 Å². The Morgan fingerprint density at radius 2 is 1.81 bits per heavy atom. The predicted octanol–water partition coefficient (Wildman–Crippen LogP) is 5.75. The zero-order valence-electron chi connectivity index (χ0n) is 17.1. The van der Waals surface area contributed by atoms with Crippen molar-refractivity contribution in [2.24, 2.45) is 17.3 Å². The molecule has 0 aromatic heterocycles. The summed E-state index contributed by atoms with van der Waals surface area (Å²) in [4.78, 5) is 24.4. The first-order valence-electron chi connectivity index (χ1n) is 10.4. The quantitative estimate of drug-likeness (QED) is 0.271. The molecule has 0 heterocycles. The number of carboxylic acid groups (broad SMARTS) is 1. The summed E-state index contributed by atoms with van der Waals surface area (Å²) in [5, 5.41) is 9.50. The molecule has 0 spiro atoms. The second-order valence-electron chi connectivity index (χ2n) is 8.35. The Morgan fingerprint density at radius 3 is 2.42 bits per heavy atom. The second kappa shape index (κ2) is 11.4. The fourth-order valence-electron chi connectivity index (χ4n) is 3.67. The molecule has 26 heavy (non-hydrogen) atoms. The normalized spacial score (nSPS) is 23.8. The van der Waals surface area contributed by atoms with Crippen LogP contribution in [0.5, 0.6) is 0 Å². The van der Waals surface area contributed by atoms with E-state index >= 15 is 0 Å². The highest BCUT2D eigenvalue weighted by Crippen LogP contribution is 2.38. The first-order valence-corrected chi connectivity index (χ1v) is 10.4. The van der Waals surface area contributed by atoms with Crippen LogP contribution in [0.3, 0.4) is 0 Å². The number of rotatable bonds is 12. The molecular weight excluding hydrogens is 328 g/mol. The average molecular weight is 367 g/mol. The van der Waals surface area contributed by atoms with E-state index in [1.807, 2.05) is 6.08 Å². The molecule has 150 valence electrons. The van der Waals surface area contributed by atoms with E-state index in [1.165, 1.54) is 12.8 Å². The van der Waals surface area contributed by atoms with E-state index in [1.54, 1.807) is 13.0 Å².